The van der Waals surface area contributed by atoms with Gasteiger partial charge < -0.3 is 15.8 Å². The lowest BCUT2D eigenvalue weighted by Crippen LogP contribution is -2.39. The van der Waals surface area contributed by atoms with Gasteiger partial charge in [-0.3, -0.25) is 0 Å². The predicted molar refractivity (Wildman–Crippen MR) is 64.0 cm³/mol. The second-order valence-corrected chi connectivity index (χ2v) is 4.63. The van der Waals surface area contributed by atoms with E-state index in [0.29, 0.717) is 12.1 Å². The van der Waals surface area contributed by atoms with Gasteiger partial charge in [-0.25, -0.2) is 0 Å². The fourth-order valence-corrected chi connectivity index (χ4v) is 2.27. The smallest absolute Gasteiger partial charge is 0.0462 e. The highest BCUT2D eigenvalue weighted by atomic mass is 16.5. The Kier molecular flexibility index (Phi) is 6.98. The Morgan fingerprint density at radius 2 is 2.13 bits per heavy atom. The van der Waals surface area contributed by atoms with Gasteiger partial charge in [0, 0.05) is 25.8 Å². The van der Waals surface area contributed by atoms with Crippen LogP contribution >= 0.6 is 0 Å². The van der Waals surface area contributed by atoms with Crippen molar-refractivity contribution in [3.05, 3.63) is 0 Å². The number of hydrogen-bond donors (Lipinski definition) is 2. The number of hydrogen-bond acceptors (Lipinski definition) is 3. The van der Waals surface area contributed by atoms with E-state index in [2.05, 4.69) is 5.32 Å². The molecule has 2 unspecified atom stereocenters. The molecule has 1 aliphatic rings. The molecule has 0 amide bonds. The summed E-state index contributed by atoms with van der Waals surface area (Å²) in [4.78, 5) is 0. The average Bonchev–Trinajstić information content (AvgIpc) is 2.23. The summed E-state index contributed by atoms with van der Waals surface area (Å²) in [6.07, 6.45) is 8.69. The summed E-state index contributed by atoms with van der Waals surface area (Å²) in [5.74, 6) is 0. The Morgan fingerprint density at radius 3 is 2.87 bits per heavy atom. The lowest BCUT2D eigenvalue weighted by molar-refractivity contribution is 0.192. The lowest BCUT2D eigenvalue weighted by Gasteiger charge is -2.27. The highest BCUT2D eigenvalue weighted by Crippen LogP contribution is 2.16. The van der Waals surface area contributed by atoms with Crippen molar-refractivity contribution in [1.29, 1.82) is 0 Å². The molecule has 0 spiro atoms. The maximum Gasteiger partial charge on any atom is 0.0462 e. The first-order valence-electron chi connectivity index (χ1n) is 6.31. The minimum atomic E-state index is 0.435. The molecule has 2 atom stereocenters. The molecule has 1 fully saturated rings. The zero-order chi connectivity index (χ0) is 10.9. The molecule has 3 N–H and O–H groups in total. The van der Waals surface area contributed by atoms with E-state index in [4.69, 9.17) is 10.5 Å². The third-order valence-electron chi connectivity index (χ3n) is 3.17. The van der Waals surface area contributed by atoms with Crippen LogP contribution in [0.5, 0.6) is 0 Å². The summed E-state index contributed by atoms with van der Waals surface area (Å²) in [6.45, 7) is 2.04. The number of unbranched alkanes of at least 4 members (excludes halogenated alkanes) is 2. The molecule has 1 saturated carbocycles. The molecular weight excluding hydrogens is 188 g/mol. The summed E-state index contributed by atoms with van der Waals surface area (Å²) in [6, 6.07) is 1.11. The minimum Gasteiger partial charge on any atom is -0.385 e. The first kappa shape index (κ1) is 12.9. The Hall–Kier alpha value is -0.120. The SMILES string of the molecule is COCCCCCNC1CCCC(N)C1. The molecule has 90 valence electrons. The van der Waals surface area contributed by atoms with Crippen LogP contribution in [0.2, 0.25) is 0 Å². The van der Waals surface area contributed by atoms with E-state index in [-0.39, 0.29) is 0 Å². The van der Waals surface area contributed by atoms with Crippen LogP contribution in [-0.4, -0.2) is 32.3 Å². The van der Waals surface area contributed by atoms with Gasteiger partial charge in [-0.1, -0.05) is 6.42 Å². The molecule has 15 heavy (non-hydrogen) atoms. The first-order valence-corrected chi connectivity index (χ1v) is 6.31. The Balaban J connectivity index is 1.90. The van der Waals surface area contributed by atoms with Crippen molar-refractivity contribution >= 4 is 0 Å². The standard InChI is InChI=1S/C12H26N2O/c1-15-9-4-2-3-8-14-12-7-5-6-11(13)10-12/h11-12,14H,2-10,13H2,1H3. The quantitative estimate of drug-likeness (QED) is 0.634. The highest BCUT2D eigenvalue weighted by molar-refractivity contribution is 4.79. The third kappa shape index (κ3) is 6.13. The fourth-order valence-electron chi connectivity index (χ4n) is 2.27. The van der Waals surface area contributed by atoms with Gasteiger partial charge in [0.1, 0.15) is 0 Å². The maximum absolute atomic E-state index is 5.94. The monoisotopic (exact) mass is 214 g/mol. The average molecular weight is 214 g/mol. The second-order valence-electron chi connectivity index (χ2n) is 4.63. The Bertz CT molecular complexity index is 153. The molecule has 0 radical (unpaired) electrons. The van der Waals surface area contributed by atoms with E-state index in [1.807, 2.05) is 0 Å². The van der Waals surface area contributed by atoms with Crippen molar-refractivity contribution in [2.75, 3.05) is 20.3 Å². The van der Waals surface area contributed by atoms with Gasteiger partial charge in [-0.05, 0) is 45.1 Å². The number of methoxy groups -OCH3 is 1. The fraction of sp³-hybridized carbons (Fsp3) is 1.00. The van der Waals surface area contributed by atoms with Crippen molar-refractivity contribution in [2.24, 2.45) is 5.73 Å². The zero-order valence-electron chi connectivity index (χ0n) is 10.0. The van der Waals surface area contributed by atoms with Gasteiger partial charge in [0.05, 0.1) is 0 Å². The van der Waals surface area contributed by atoms with Crippen molar-refractivity contribution in [3.8, 4) is 0 Å². The molecule has 0 heterocycles. The van der Waals surface area contributed by atoms with Crippen molar-refractivity contribution in [2.45, 2.75) is 57.0 Å². The first-order chi connectivity index (χ1) is 7.33. The highest BCUT2D eigenvalue weighted by Gasteiger charge is 2.17. The van der Waals surface area contributed by atoms with E-state index in [1.165, 1.54) is 38.5 Å². The molecule has 1 rings (SSSR count). The molecule has 0 aromatic carbocycles. The van der Waals surface area contributed by atoms with Crippen LogP contribution < -0.4 is 11.1 Å². The van der Waals surface area contributed by atoms with Gasteiger partial charge in [0.25, 0.3) is 0 Å². The molecule has 0 aliphatic heterocycles. The molecule has 0 saturated heterocycles. The van der Waals surface area contributed by atoms with Crippen molar-refractivity contribution in [1.82, 2.24) is 5.32 Å². The van der Waals surface area contributed by atoms with Crippen LogP contribution in [0.15, 0.2) is 0 Å². The number of nitrogens with two attached hydrogens (primary N) is 1. The number of rotatable bonds is 7. The van der Waals surface area contributed by atoms with Gasteiger partial charge in [-0.2, -0.15) is 0 Å². The van der Waals surface area contributed by atoms with Crippen LogP contribution in [0.25, 0.3) is 0 Å². The van der Waals surface area contributed by atoms with Gasteiger partial charge >= 0.3 is 0 Å². The lowest BCUT2D eigenvalue weighted by atomic mass is 9.91. The van der Waals surface area contributed by atoms with Crippen molar-refractivity contribution < 1.29 is 4.74 Å². The summed E-state index contributed by atoms with van der Waals surface area (Å²) in [5, 5.41) is 3.61. The third-order valence-corrected chi connectivity index (χ3v) is 3.17. The van der Waals surface area contributed by atoms with E-state index in [9.17, 15) is 0 Å². The van der Waals surface area contributed by atoms with Crippen LogP contribution in [0.1, 0.15) is 44.9 Å². The molecular formula is C12H26N2O. The molecule has 1 aliphatic carbocycles. The van der Waals surface area contributed by atoms with Crippen LogP contribution in [0.3, 0.4) is 0 Å². The molecule has 0 aromatic heterocycles. The maximum atomic E-state index is 5.94. The van der Waals surface area contributed by atoms with Gasteiger partial charge in [-0.15, -0.1) is 0 Å². The Labute approximate surface area is 93.8 Å². The van der Waals surface area contributed by atoms with Crippen molar-refractivity contribution in [3.63, 3.8) is 0 Å². The molecule has 0 aromatic rings. The Morgan fingerprint density at radius 1 is 1.27 bits per heavy atom. The minimum absolute atomic E-state index is 0.435. The van der Waals surface area contributed by atoms with Crippen LogP contribution in [0, 0.1) is 0 Å². The second kappa shape index (κ2) is 8.08. The van der Waals surface area contributed by atoms with Gasteiger partial charge in [0.2, 0.25) is 0 Å². The zero-order valence-corrected chi connectivity index (χ0v) is 10.0. The molecule has 3 heteroatoms. The summed E-state index contributed by atoms with van der Waals surface area (Å²) in [7, 11) is 1.77. The summed E-state index contributed by atoms with van der Waals surface area (Å²) >= 11 is 0. The normalized spacial score (nSPS) is 26.8. The van der Waals surface area contributed by atoms with E-state index in [0.717, 1.165) is 19.6 Å². The number of nitrogens with one attached hydrogen (secondary N) is 1. The van der Waals surface area contributed by atoms with E-state index < -0.39 is 0 Å². The number of ether oxygens (including phenoxy) is 1. The van der Waals surface area contributed by atoms with Crippen LogP contribution in [-0.2, 0) is 4.74 Å². The topological polar surface area (TPSA) is 47.3 Å². The van der Waals surface area contributed by atoms with Crippen LogP contribution in [0.4, 0.5) is 0 Å². The molecule has 0 bridgehead atoms. The van der Waals surface area contributed by atoms with E-state index in [1.54, 1.807) is 7.11 Å². The van der Waals surface area contributed by atoms with Gasteiger partial charge in [0.15, 0.2) is 0 Å². The summed E-state index contributed by atoms with van der Waals surface area (Å²) in [5.41, 5.74) is 5.94. The van der Waals surface area contributed by atoms with E-state index >= 15 is 0 Å². The summed E-state index contributed by atoms with van der Waals surface area (Å²) < 4.78 is 5.02. The predicted octanol–water partition coefficient (Wildman–Crippen LogP) is 1.66. The largest absolute Gasteiger partial charge is 0.385 e. The molecule has 3 nitrogen and oxygen atoms in total.